The van der Waals surface area contributed by atoms with Gasteiger partial charge in [-0.1, -0.05) is 36.5 Å². The van der Waals surface area contributed by atoms with Crippen molar-refractivity contribution in [2.24, 2.45) is 10.7 Å². The Kier molecular flexibility index (Phi) is 5.29. The minimum absolute atomic E-state index is 0.0513. The largest absolute Gasteiger partial charge is 0.491 e. The first-order valence-corrected chi connectivity index (χ1v) is 8.21. The molecule has 0 aliphatic carbocycles. The van der Waals surface area contributed by atoms with Crippen molar-refractivity contribution in [1.82, 2.24) is 0 Å². The number of nitrogens with two attached hydrogens (primary N) is 1. The van der Waals surface area contributed by atoms with Gasteiger partial charge in [0.1, 0.15) is 5.76 Å². The molecule has 0 saturated heterocycles. The highest BCUT2D eigenvalue weighted by atomic mass is 32.2. The smallest absolute Gasteiger partial charge is 0.165 e. The summed E-state index contributed by atoms with van der Waals surface area (Å²) < 4.78 is 19.1. The number of halogens is 1. The summed E-state index contributed by atoms with van der Waals surface area (Å²) in [5.74, 6) is 0.517. The van der Waals surface area contributed by atoms with Crippen LogP contribution >= 0.6 is 11.8 Å². The normalized spacial score (nSPS) is 22.1. The Labute approximate surface area is 135 Å². The van der Waals surface area contributed by atoms with E-state index in [0.29, 0.717) is 11.8 Å². The quantitative estimate of drug-likeness (QED) is 0.653. The maximum atomic E-state index is 14.0. The van der Waals surface area contributed by atoms with E-state index in [4.69, 9.17) is 10.5 Å². The van der Waals surface area contributed by atoms with Crippen LogP contribution < -0.4 is 5.73 Å². The molecule has 0 saturated carbocycles. The monoisotopic (exact) mass is 320 g/mol. The fourth-order valence-electron chi connectivity index (χ4n) is 2.33. The number of hydrogen-bond donors (Lipinski definition) is 1. The summed E-state index contributed by atoms with van der Waals surface area (Å²) >= 11 is 1.57. The van der Waals surface area contributed by atoms with Gasteiger partial charge in [-0.05, 0) is 43.5 Å². The minimum atomic E-state index is -0.466. The van der Waals surface area contributed by atoms with Gasteiger partial charge in [-0.3, -0.25) is 4.99 Å². The van der Waals surface area contributed by atoms with Crippen LogP contribution in [0, 0.1) is 0 Å². The van der Waals surface area contributed by atoms with Gasteiger partial charge in [-0.15, -0.1) is 0 Å². The van der Waals surface area contributed by atoms with Crippen LogP contribution in [0.15, 0.2) is 47.4 Å². The second-order valence-corrected chi connectivity index (χ2v) is 6.41. The van der Waals surface area contributed by atoms with Crippen LogP contribution in [0.1, 0.15) is 31.4 Å². The Balaban J connectivity index is 2.29. The lowest BCUT2D eigenvalue weighted by Crippen LogP contribution is -2.28. The molecule has 3 nitrogen and oxygen atoms in total. The van der Waals surface area contributed by atoms with E-state index in [1.54, 1.807) is 18.7 Å². The van der Waals surface area contributed by atoms with Gasteiger partial charge in [0.05, 0.1) is 12.1 Å². The van der Waals surface area contributed by atoms with Gasteiger partial charge in [-0.2, -0.15) is 0 Å². The number of aliphatic imine (C=N–C) groups is 1. The number of hydrogen-bond acceptors (Lipinski definition) is 4. The van der Waals surface area contributed by atoms with Gasteiger partial charge < -0.3 is 10.5 Å². The van der Waals surface area contributed by atoms with Gasteiger partial charge in [0.25, 0.3) is 0 Å². The van der Waals surface area contributed by atoms with Crippen molar-refractivity contribution in [3.05, 3.63) is 53.6 Å². The van der Waals surface area contributed by atoms with Crippen molar-refractivity contribution in [3.8, 4) is 0 Å². The average molecular weight is 320 g/mol. The van der Waals surface area contributed by atoms with E-state index in [9.17, 15) is 4.39 Å². The van der Waals surface area contributed by atoms with Crippen LogP contribution in [0.5, 0.6) is 0 Å². The Morgan fingerprint density at radius 3 is 3.05 bits per heavy atom. The van der Waals surface area contributed by atoms with Crippen molar-refractivity contribution < 1.29 is 9.13 Å². The van der Waals surface area contributed by atoms with Gasteiger partial charge in [0, 0.05) is 5.75 Å². The summed E-state index contributed by atoms with van der Waals surface area (Å²) in [6, 6.07) is 7.68. The number of thioether (sulfide) groups is 1. The third-order valence-electron chi connectivity index (χ3n) is 3.58. The SMILES string of the molecule is C=C(OCC)C(F)=Cc1cccc(C2(C)CCSC(N)=N2)c1. The van der Waals surface area contributed by atoms with E-state index in [2.05, 4.69) is 18.5 Å². The molecule has 1 aliphatic heterocycles. The van der Waals surface area contributed by atoms with E-state index in [1.807, 2.05) is 24.3 Å². The molecule has 5 heteroatoms. The predicted octanol–water partition coefficient (Wildman–Crippen LogP) is 4.21. The predicted molar refractivity (Wildman–Crippen MR) is 92.3 cm³/mol. The fourth-order valence-corrected chi connectivity index (χ4v) is 3.30. The van der Waals surface area contributed by atoms with Crippen LogP contribution in [0.3, 0.4) is 0 Å². The number of benzene rings is 1. The molecule has 0 spiro atoms. The zero-order valence-electron chi connectivity index (χ0n) is 12.9. The molecule has 1 aliphatic rings. The number of amidine groups is 1. The molecule has 0 fully saturated rings. The van der Waals surface area contributed by atoms with Crippen LogP contribution in [-0.4, -0.2) is 17.5 Å². The third-order valence-corrected chi connectivity index (χ3v) is 4.38. The fraction of sp³-hybridized carbons (Fsp3) is 0.353. The zero-order chi connectivity index (χ0) is 16.2. The molecule has 2 rings (SSSR count). The van der Waals surface area contributed by atoms with Crippen LogP contribution in [0.25, 0.3) is 6.08 Å². The molecule has 1 heterocycles. The number of allylic oxidation sites excluding steroid dienone is 1. The Morgan fingerprint density at radius 1 is 1.59 bits per heavy atom. The second-order valence-electron chi connectivity index (χ2n) is 5.30. The summed E-state index contributed by atoms with van der Waals surface area (Å²) in [5.41, 5.74) is 7.28. The maximum absolute atomic E-state index is 14.0. The van der Waals surface area contributed by atoms with Crippen LogP contribution in [0.4, 0.5) is 4.39 Å². The molecule has 0 amide bonds. The Hall–Kier alpha value is -1.75. The first-order valence-electron chi connectivity index (χ1n) is 7.22. The lowest BCUT2D eigenvalue weighted by atomic mass is 9.89. The van der Waals surface area contributed by atoms with Crippen molar-refractivity contribution in [2.45, 2.75) is 25.8 Å². The number of ether oxygens (including phenoxy) is 1. The van der Waals surface area contributed by atoms with Crippen molar-refractivity contribution in [2.75, 3.05) is 12.4 Å². The summed E-state index contributed by atoms with van der Waals surface area (Å²) in [4.78, 5) is 4.57. The van der Waals surface area contributed by atoms with Gasteiger partial charge in [0.15, 0.2) is 11.0 Å². The summed E-state index contributed by atoms with van der Waals surface area (Å²) in [5, 5.41) is 0.602. The van der Waals surface area contributed by atoms with Gasteiger partial charge >= 0.3 is 0 Å². The first kappa shape index (κ1) is 16.6. The molecular weight excluding hydrogens is 299 g/mol. The average Bonchev–Trinajstić information content (AvgIpc) is 2.47. The molecule has 0 bridgehead atoms. The standard InChI is InChI=1S/C17H21FN2OS/c1-4-21-12(2)15(18)11-13-6-5-7-14(10-13)17(3)8-9-22-16(19)20-17/h5-7,10-11H,2,4,8-9H2,1,3H3,(H2,19,20). The molecule has 1 aromatic rings. The van der Waals surface area contributed by atoms with Crippen molar-refractivity contribution in [1.29, 1.82) is 0 Å². The number of nitrogens with zero attached hydrogens (tertiary/aromatic N) is 1. The third kappa shape index (κ3) is 3.91. The molecule has 22 heavy (non-hydrogen) atoms. The van der Waals surface area contributed by atoms with Gasteiger partial charge in [0.2, 0.25) is 0 Å². The highest BCUT2D eigenvalue weighted by molar-refractivity contribution is 8.13. The number of rotatable bonds is 5. The first-order chi connectivity index (χ1) is 10.4. The van der Waals surface area contributed by atoms with E-state index in [0.717, 1.165) is 23.3 Å². The van der Waals surface area contributed by atoms with Crippen molar-refractivity contribution >= 4 is 23.0 Å². The van der Waals surface area contributed by atoms with Gasteiger partial charge in [-0.25, -0.2) is 4.39 Å². The Bertz CT molecular complexity index is 627. The molecule has 1 unspecified atom stereocenters. The molecule has 0 radical (unpaired) electrons. The summed E-state index contributed by atoms with van der Waals surface area (Å²) in [7, 11) is 0. The van der Waals surface area contributed by atoms with E-state index >= 15 is 0 Å². The zero-order valence-corrected chi connectivity index (χ0v) is 13.8. The highest BCUT2D eigenvalue weighted by Crippen LogP contribution is 2.35. The topological polar surface area (TPSA) is 47.6 Å². The van der Waals surface area contributed by atoms with Crippen LogP contribution in [0.2, 0.25) is 0 Å². The molecule has 118 valence electrons. The molecular formula is C17H21FN2OS. The minimum Gasteiger partial charge on any atom is -0.491 e. The molecule has 1 aromatic carbocycles. The maximum Gasteiger partial charge on any atom is 0.165 e. The summed E-state index contributed by atoms with van der Waals surface area (Å²) in [6.45, 7) is 7.81. The Morgan fingerprint density at radius 2 is 2.36 bits per heavy atom. The van der Waals surface area contributed by atoms with E-state index in [-0.39, 0.29) is 11.3 Å². The highest BCUT2D eigenvalue weighted by Gasteiger charge is 2.29. The lowest BCUT2D eigenvalue weighted by Gasteiger charge is -2.30. The molecule has 2 N–H and O–H groups in total. The van der Waals surface area contributed by atoms with Crippen molar-refractivity contribution in [3.63, 3.8) is 0 Å². The second kappa shape index (κ2) is 7.01. The van der Waals surface area contributed by atoms with E-state index in [1.165, 1.54) is 6.08 Å². The molecule has 1 atom stereocenters. The van der Waals surface area contributed by atoms with Crippen LogP contribution in [-0.2, 0) is 10.3 Å². The summed E-state index contributed by atoms with van der Waals surface area (Å²) in [6.07, 6.45) is 2.33. The molecule has 0 aromatic heterocycles. The lowest BCUT2D eigenvalue weighted by molar-refractivity contribution is 0.227. The van der Waals surface area contributed by atoms with E-state index < -0.39 is 5.83 Å².